The van der Waals surface area contributed by atoms with Crippen molar-refractivity contribution < 1.29 is 17.3 Å². The zero-order valence-electron chi connectivity index (χ0n) is 15.0. The predicted octanol–water partition coefficient (Wildman–Crippen LogP) is 4.36. The Kier molecular flexibility index (Phi) is 4.95. The van der Waals surface area contributed by atoms with Crippen LogP contribution in [0.4, 0.5) is 4.39 Å². The smallest absolute Gasteiger partial charge is 0.245 e. The number of hydrogen-bond donors (Lipinski definition) is 0. The van der Waals surface area contributed by atoms with Gasteiger partial charge in [0.25, 0.3) is 0 Å². The molecule has 6 nitrogen and oxygen atoms in total. The molecule has 0 unspecified atom stereocenters. The van der Waals surface area contributed by atoms with Crippen LogP contribution >= 0.6 is 11.6 Å². The molecule has 28 heavy (non-hydrogen) atoms. The van der Waals surface area contributed by atoms with E-state index in [9.17, 15) is 12.8 Å². The maximum Gasteiger partial charge on any atom is 0.245 e. The molecule has 1 aromatic heterocycles. The summed E-state index contributed by atoms with van der Waals surface area (Å²) in [5, 5.41) is 4.32. The summed E-state index contributed by atoms with van der Waals surface area (Å²) in [6.45, 7) is 2.17. The third kappa shape index (κ3) is 3.43. The minimum atomic E-state index is -3.76. The lowest BCUT2D eigenvalue weighted by Gasteiger charge is -2.21. The molecule has 1 aliphatic heterocycles. The maximum absolute atomic E-state index is 13.1. The molecule has 0 N–H and O–H groups in total. The molecule has 9 heteroatoms. The van der Waals surface area contributed by atoms with Gasteiger partial charge in [0.1, 0.15) is 11.9 Å². The average Bonchev–Trinajstić information content (AvgIpc) is 3.33. The Hall–Kier alpha value is -2.29. The standard InChI is InChI=1S/C19H17ClFN3O3S/c1-12-4-9-15(11-16(12)20)28(25,26)24-10-2-3-17(24)19-22-18(23-27-19)13-5-7-14(21)8-6-13/h4-9,11,17H,2-3,10H2,1H3/t17-/m0/s1. The van der Waals surface area contributed by atoms with Crippen LogP contribution in [0.3, 0.4) is 0 Å². The van der Waals surface area contributed by atoms with Gasteiger partial charge in [0, 0.05) is 17.1 Å². The largest absolute Gasteiger partial charge is 0.337 e. The summed E-state index contributed by atoms with van der Waals surface area (Å²) in [4.78, 5) is 4.48. The van der Waals surface area contributed by atoms with Crippen LogP contribution in [0.1, 0.15) is 30.3 Å². The minimum absolute atomic E-state index is 0.133. The van der Waals surface area contributed by atoms with E-state index in [1.807, 2.05) is 6.92 Å². The highest BCUT2D eigenvalue weighted by molar-refractivity contribution is 7.89. The van der Waals surface area contributed by atoms with Crippen LogP contribution in [-0.4, -0.2) is 29.4 Å². The van der Waals surface area contributed by atoms with Crippen LogP contribution in [0.5, 0.6) is 0 Å². The van der Waals surface area contributed by atoms with Crippen LogP contribution < -0.4 is 0 Å². The van der Waals surface area contributed by atoms with Crippen molar-refractivity contribution in [3.05, 3.63) is 64.8 Å². The number of aryl methyl sites for hydroxylation is 1. The van der Waals surface area contributed by atoms with E-state index in [1.165, 1.54) is 22.5 Å². The summed E-state index contributed by atoms with van der Waals surface area (Å²) < 4.78 is 46.1. The van der Waals surface area contributed by atoms with E-state index >= 15 is 0 Å². The Morgan fingerprint density at radius 1 is 1.21 bits per heavy atom. The van der Waals surface area contributed by atoms with Crippen LogP contribution in [0.15, 0.2) is 51.9 Å². The predicted molar refractivity (Wildman–Crippen MR) is 102 cm³/mol. The summed E-state index contributed by atoms with van der Waals surface area (Å²) in [5.74, 6) is 0.147. The quantitative estimate of drug-likeness (QED) is 0.625. The fourth-order valence-corrected chi connectivity index (χ4v) is 5.15. The van der Waals surface area contributed by atoms with Crippen LogP contribution in [0.25, 0.3) is 11.4 Å². The summed E-state index contributed by atoms with van der Waals surface area (Å²) in [6, 6.07) is 9.83. The van der Waals surface area contributed by atoms with Gasteiger partial charge in [-0.1, -0.05) is 22.8 Å². The third-order valence-corrected chi connectivity index (χ3v) is 7.09. The first-order valence-corrected chi connectivity index (χ1v) is 10.6. The Labute approximate surface area is 167 Å². The number of aromatic nitrogens is 2. The fourth-order valence-electron chi connectivity index (χ4n) is 3.23. The Balaban J connectivity index is 1.65. The molecular formula is C19H17ClFN3O3S. The van der Waals surface area contributed by atoms with Crippen molar-refractivity contribution in [2.24, 2.45) is 0 Å². The first kappa shape index (κ1) is 19.0. The monoisotopic (exact) mass is 421 g/mol. The Morgan fingerprint density at radius 2 is 1.96 bits per heavy atom. The molecule has 1 atom stereocenters. The fraction of sp³-hybridized carbons (Fsp3) is 0.263. The normalized spacial score (nSPS) is 17.9. The van der Waals surface area contributed by atoms with Gasteiger partial charge in [0.15, 0.2) is 0 Å². The summed E-state index contributed by atoms with van der Waals surface area (Å²) in [5.41, 5.74) is 1.40. The molecular weight excluding hydrogens is 405 g/mol. The lowest BCUT2D eigenvalue weighted by molar-refractivity contribution is 0.290. The molecule has 3 aromatic rings. The second-order valence-corrected chi connectivity index (χ2v) is 8.95. The Bertz CT molecular complexity index is 1120. The van der Waals surface area contributed by atoms with Crippen LogP contribution in [0.2, 0.25) is 5.02 Å². The molecule has 0 saturated carbocycles. The van der Waals surface area contributed by atoms with E-state index in [0.717, 1.165) is 5.56 Å². The van der Waals surface area contributed by atoms with E-state index in [4.69, 9.17) is 16.1 Å². The molecule has 2 heterocycles. The Morgan fingerprint density at radius 3 is 2.68 bits per heavy atom. The van der Waals surface area contributed by atoms with E-state index in [1.54, 1.807) is 24.3 Å². The van der Waals surface area contributed by atoms with Crippen molar-refractivity contribution in [1.29, 1.82) is 0 Å². The van der Waals surface area contributed by atoms with E-state index in [2.05, 4.69) is 10.1 Å². The van der Waals surface area contributed by atoms with E-state index in [-0.39, 0.29) is 22.4 Å². The molecule has 4 rings (SSSR count). The van der Waals surface area contributed by atoms with Crippen LogP contribution in [-0.2, 0) is 10.0 Å². The second-order valence-electron chi connectivity index (χ2n) is 6.65. The topological polar surface area (TPSA) is 76.3 Å². The summed E-state index contributed by atoms with van der Waals surface area (Å²) in [7, 11) is -3.76. The van der Waals surface area contributed by atoms with Crippen molar-refractivity contribution in [2.45, 2.75) is 30.7 Å². The van der Waals surface area contributed by atoms with Crippen molar-refractivity contribution in [3.63, 3.8) is 0 Å². The number of halogens is 2. The number of rotatable bonds is 4. The number of benzene rings is 2. The van der Waals surface area contributed by atoms with Gasteiger partial charge in [-0.25, -0.2) is 12.8 Å². The van der Waals surface area contributed by atoms with Gasteiger partial charge in [-0.2, -0.15) is 9.29 Å². The molecule has 0 aliphatic carbocycles. The van der Waals surface area contributed by atoms with Gasteiger partial charge in [0.2, 0.25) is 21.7 Å². The molecule has 0 spiro atoms. The second kappa shape index (κ2) is 7.27. The zero-order valence-corrected chi connectivity index (χ0v) is 16.5. The molecule has 1 fully saturated rings. The highest BCUT2D eigenvalue weighted by atomic mass is 35.5. The van der Waals surface area contributed by atoms with Gasteiger partial charge in [-0.05, 0) is 61.7 Å². The van der Waals surface area contributed by atoms with Crippen molar-refractivity contribution in [1.82, 2.24) is 14.4 Å². The number of hydrogen-bond acceptors (Lipinski definition) is 5. The van der Waals surface area contributed by atoms with Crippen LogP contribution in [0, 0.1) is 12.7 Å². The first-order valence-electron chi connectivity index (χ1n) is 8.74. The number of nitrogens with zero attached hydrogens (tertiary/aromatic N) is 3. The van der Waals surface area contributed by atoms with Gasteiger partial charge in [-0.3, -0.25) is 0 Å². The number of sulfonamides is 1. The average molecular weight is 422 g/mol. The highest BCUT2D eigenvalue weighted by Gasteiger charge is 2.39. The van der Waals surface area contributed by atoms with E-state index < -0.39 is 16.1 Å². The van der Waals surface area contributed by atoms with Gasteiger partial charge < -0.3 is 4.52 Å². The molecule has 1 saturated heterocycles. The van der Waals surface area contributed by atoms with Crippen molar-refractivity contribution >= 4 is 21.6 Å². The SMILES string of the molecule is Cc1ccc(S(=O)(=O)N2CCC[C@H]2c2nc(-c3ccc(F)cc3)no2)cc1Cl. The van der Waals surface area contributed by atoms with Gasteiger partial charge in [-0.15, -0.1) is 0 Å². The third-order valence-electron chi connectivity index (χ3n) is 4.78. The first-order chi connectivity index (χ1) is 13.4. The van der Waals surface area contributed by atoms with Gasteiger partial charge in [0.05, 0.1) is 4.90 Å². The molecule has 2 aromatic carbocycles. The molecule has 146 valence electrons. The van der Waals surface area contributed by atoms with E-state index in [0.29, 0.717) is 30.0 Å². The highest BCUT2D eigenvalue weighted by Crippen LogP contribution is 2.37. The summed E-state index contributed by atoms with van der Waals surface area (Å²) in [6.07, 6.45) is 1.25. The minimum Gasteiger partial charge on any atom is -0.337 e. The lowest BCUT2D eigenvalue weighted by atomic mass is 10.2. The van der Waals surface area contributed by atoms with Crippen molar-refractivity contribution in [2.75, 3.05) is 6.54 Å². The van der Waals surface area contributed by atoms with Gasteiger partial charge >= 0.3 is 0 Å². The lowest BCUT2D eigenvalue weighted by Crippen LogP contribution is -2.30. The summed E-state index contributed by atoms with van der Waals surface area (Å²) >= 11 is 6.11. The van der Waals surface area contributed by atoms with Crippen molar-refractivity contribution in [3.8, 4) is 11.4 Å². The molecule has 0 bridgehead atoms. The maximum atomic E-state index is 13.1. The molecule has 0 radical (unpaired) electrons. The molecule has 1 aliphatic rings. The zero-order chi connectivity index (χ0) is 19.9. The molecule has 0 amide bonds.